The second-order valence-corrected chi connectivity index (χ2v) is 6.61. The highest BCUT2D eigenvalue weighted by Crippen LogP contribution is 2.17. The molecule has 1 aromatic carbocycles. The lowest BCUT2D eigenvalue weighted by Gasteiger charge is -2.27. The van der Waals surface area contributed by atoms with Crippen LogP contribution in [-0.2, 0) is 17.8 Å². The van der Waals surface area contributed by atoms with E-state index in [-0.39, 0.29) is 0 Å². The van der Waals surface area contributed by atoms with Crippen molar-refractivity contribution in [1.82, 2.24) is 10.2 Å². The minimum absolute atomic E-state index is 0.532. The molecule has 1 fully saturated rings. The Morgan fingerprint density at radius 3 is 2.67 bits per heavy atom. The van der Waals surface area contributed by atoms with Crippen molar-refractivity contribution in [2.24, 2.45) is 5.92 Å². The van der Waals surface area contributed by atoms with E-state index in [1.165, 1.54) is 30.5 Å². The van der Waals surface area contributed by atoms with Crippen molar-refractivity contribution in [3.05, 3.63) is 35.4 Å². The van der Waals surface area contributed by atoms with Gasteiger partial charge < -0.3 is 15.0 Å². The maximum absolute atomic E-state index is 5.44. The molecule has 1 aliphatic rings. The standard InChI is InChI=1S/C18H30N2O/c1-15(2)19-12-17-5-4-6-18(11-17)14-20(3)13-16-7-9-21-10-8-16/h4-6,11,15-16,19H,7-10,12-14H2,1-3H3. The number of hydrogen-bond acceptors (Lipinski definition) is 3. The molecule has 3 heteroatoms. The van der Waals surface area contributed by atoms with E-state index in [0.29, 0.717) is 6.04 Å². The van der Waals surface area contributed by atoms with E-state index in [1.807, 2.05) is 0 Å². The van der Waals surface area contributed by atoms with Gasteiger partial charge in [-0.05, 0) is 36.9 Å². The van der Waals surface area contributed by atoms with Gasteiger partial charge in [-0.3, -0.25) is 0 Å². The molecular weight excluding hydrogens is 260 g/mol. The third-order valence-corrected chi connectivity index (χ3v) is 4.07. The van der Waals surface area contributed by atoms with E-state index >= 15 is 0 Å². The molecule has 0 spiro atoms. The minimum atomic E-state index is 0.532. The second kappa shape index (κ2) is 8.52. The fourth-order valence-electron chi connectivity index (χ4n) is 2.91. The molecule has 1 saturated heterocycles. The zero-order chi connectivity index (χ0) is 15.1. The highest BCUT2D eigenvalue weighted by molar-refractivity contribution is 5.23. The maximum Gasteiger partial charge on any atom is 0.0469 e. The Bertz CT molecular complexity index is 413. The minimum Gasteiger partial charge on any atom is -0.381 e. The summed E-state index contributed by atoms with van der Waals surface area (Å²) in [5.74, 6) is 0.801. The highest BCUT2D eigenvalue weighted by Gasteiger charge is 2.15. The first-order valence-electron chi connectivity index (χ1n) is 8.21. The monoisotopic (exact) mass is 290 g/mol. The molecule has 0 radical (unpaired) electrons. The molecule has 3 nitrogen and oxygen atoms in total. The van der Waals surface area contributed by atoms with E-state index < -0.39 is 0 Å². The Balaban J connectivity index is 1.82. The number of hydrogen-bond donors (Lipinski definition) is 1. The van der Waals surface area contributed by atoms with Crippen molar-refractivity contribution in [2.75, 3.05) is 26.8 Å². The van der Waals surface area contributed by atoms with Crippen molar-refractivity contribution in [3.8, 4) is 0 Å². The summed E-state index contributed by atoms with van der Waals surface area (Å²) < 4.78 is 5.44. The first-order chi connectivity index (χ1) is 10.1. The first kappa shape index (κ1) is 16.5. The summed E-state index contributed by atoms with van der Waals surface area (Å²) in [5, 5.41) is 3.48. The van der Waals surface area contributed by atoms with Crippen molar-refractivity contribution in [2.45, 2.75) is 45.8 Å². The molecule has 2 rings (SSSR count). The summed E-state index contributed by atoms with van der Waals surface area (Å²) in [6.07, 6.45) is 2.42. The van der Waals surface area contributed by atoms with Gasteiger partial charge in [-0.2, -0.15) is 0 Å². The van der Waals surface area contributed by atoms with E-state index in [1.54, 1.807) is 0 Å². The van der Waals surface area contributed by atoms with Crippen LogP contribution < -0.4 is 5.32 Å². The molecule has 0 amide bonds. The van der Waals surface area contributed by atoms with Crippen LogP contribution in [-0.4, -0.2) is 37.7 Å². The Hall–Kier alpha value is -0.900. The smallest absolute Gasteiger partial charge is 0.0469 e. The largest absolute Gasteiger partial charge is 0.381 e. The van der Waals surface area contributed by atoms with Gasteiger partial charge in [0, 0.05) is 38.9 Å². The van der Waals surface area contributed by atoms with Crippen molar-refractivity contribution in [1.29, 1.82) is 0 Å². The Labute approximate surface area is 129 Å². The molecule has 1 aromatic rings. The number of rotatable bonds is 7. The molecular formula is C18H30N2O. The molecule has 0 aliphatic carbocycles. The average Bonchev–Trinajstić information content (AvgIpc) is 2.46. The summed E-state index contributed by atoms with van der Waals surface area (Å²) in [6.45, 7) is 9.42. The van der Waals surface area contributed by atoms with Crippen LogP contribution in [0.2, 0.25) is 0 Å². The van der Waals surface area contributed by atoms with Gasteiger partial charge in [0.15, 0.2) is 0 Å². The van der Waals surface area contributed by atoms with Gasteiger partial charge >= 0.3 is 0 Å². The predicted octanol–water partition coefficient (Wildman–Crippen LogP) is 3.04. The molecule has 1 N–H and O–H groups in total. The molecule has 0 unspecified atom stereocenters. The van der Waals surface area contributed by atoms with Gasteiger partial charge in [0.05, 0.1) is 0 Å². The Morgan fingerprint density at radius 1 is 1.24 bits per heavy atom. The zero-order valence-corrected chi connectivity index (χ0v) is 13.8. The molecule has 0 atom stereocenters. The molecule has 0 aromatic heterocycles. The normalized spacial score (nSPS) is 16.8. The van der Waals surface area contributed by atoms with Crippen molar-refractivity contribution >= 4 is 0 Å². The third-order valence-electron chi connectivity index (χ3n) is 4.07. The predicted molar refractivity (Wildman–Crippen MR) is 88.3 cm³/mol. The van der Waals surface area contributed by atoms with Gasteiger partial charge in [0.1, 0.15) is 0 Å². The van der Waals surface area contributed by atoms with E-state index in [9.17, 15) is 0 Å². The van der Waals surface area contributed by atoms with Gasteiger partial charge in [-0.15, -0.1) is 0 Å². The van der Waals surface area contributed by atoms with Crippen LogP contribution in [0.1, 0.15) is 37.8 Å². The average molecular weight is 290 g/mol. The van der Waals surface area contributed by atoms with Gasteiger partial charge in [0.25, 0.3) is 0 Å². The van der Waals surface area contributed by atoms with E-state index in [2.05, 4.69) is 55.4 Å². The quantitative estimate of drug-likeness (QED) is 0.835. The molecule has 0 bridgehead atoms. The lowest BCUT2D eigenvalue weighted by atomic mass is 9.99. The lowest BCUT2D eigenvalue weighted by Crippen LogP contribution is -2.29. The fourth-order valence-corrected chi connectivity index (χ4v) is 2.91. The summed E-state index contributed by atoms with van der Waals surface area (Å²) in [7, 11) is 2.23. The van der Waals surface area contributed by atoms with Crippen LogP contribution in [0.4, 0.5) is 0 Å². The topological polar surface area (TPSA) is 24.5 Å². The summed E-state index contributed by atoms with van der Waals surface area (Å²) in [5.41, 5.74) is 2.79. The first-order valence-corrected chi connectivity index (χ1v) is 8.21. The van der Waals surface area contributed by atoms with Gasteiger partial charge in [0.2, 0.25) is 0 Å². The molecule has 0 saturated carbocycles. The molecule has 118 valence electrons. The Morgan fingerprint density at radius 2 is 1.95 bits per heavy atom. The van der Waals surface area contributed by atoms with Crippen LogP contribution in [0.25, 0.3) is 0 Å². The molecule has 1 heterocycles. The zero-order valence-electron chi connectivity index (χ0n) is 13.8. The lowest BCUT2D eigenvalue weighted by molar-refractivity contribution is 0.0549. The molecule has 1 aliphatic heterocycles. The summed E-state index contributed by atoms with van der Waals surface area (Å²) >= 11 is 0. The summed E-state index contributed by atoms with van der Waals surface area (Å²) in [4.78, 5) is 2.45. The van der Waals surface area contributed by atoms with Crippen LogP contribution in [0.15, 0.2) is 24.3 Å². The van der Waals surface area contributed by atoms with E-state index in [0.717, 1.165) is 32.2 Å². The van der Waals surface area contributed by atoms with Crippen LogP contribution >= 0.6 is 0 Å². The number of ether oxygens (including phenoxy) is 1. The maximum atomic E-state index is 5.44. The van der Waals surface area contributed by atoms with Crippen LogP contribution in [0.3, 0.4) is 0 Å². The summed E-state index contributed by atoms with van der Waals surface area (Å²) in [6, 6.07) is 9.48. The fraction of sp³-hybridized carbons (Fsp3) is 0.667. The van der Waals surface area contributed by atoms with Crippen molar-refractivity contribution in [3.63, 3.8) is 0 Å². The SMILES string of the molecule is CC(C)NCc1cccc(CN(C)CC2CCOCC2)c1. The number of benzene rings is 1. The van der Waals surface area contributed by atoms with Crippen molar-refractivity contribution < 1.29 is 4.74 Å². The van der Waals surface area contributed by atoms with Crippen LogP contribution in [0, 0.1) is 5.92 Å². The van der Waals surface area contributed by atoms with Gasteiger partial charge in [-0.1, -0.05) is 38.1 Å². The molecule has 21 heavy (non-hydrogen) atoms. The number of nitrogens with zero attached hydrogens (tertiary/aromatic N) is 1. The number of nitrogens with one attached hydrogen (secondary N) is 1. The van der Waals surface area contributed by atoms with Gasteiger partial charge in [-0.25, -0.2) is 0 Å². The van der Waals surface area contributed by atoms with E-state index in [4.69, 9.17) is 4.74 Å². The second-order valence-electron chi connectivity index (χ2n) is 6.61. The van der Waals surface area contributed by atoms with Crippen LogP contribution in [0.5, 0.6) is 0 Å². The highest BCUT2D eigenvalue weighted by atomic mass is 16.5. The Kier molecular flexibility index (Phi) is 6.68. The third kappa shape index (κ3) is 6.16.